The van der Waals surface area contributed by atoms with Gasteiger partial charge in [-0.1, -0.05) is 43.1 Å². The number of rotatable bonds is 2. The van der Waals surface area contributed by atoms with Gasteiger partial charge < -0.3 is 0 Å². The highest BCUT2D eigenvalue weighted by molar-refractivity contribution is 6.34. The van der Waals surface area contributed by atoms with Crippen LogP contribution in [0, 0.1) is 11.8 Å². The molecule has 96 valence electrons. The van der Waals surface area contributed by atoms with Crippen LogP contribution in [0.15, 0.2) is 36.2 Å². The Morgan fingerprint density at radius 2 is 1.72 bits per heavy atom. The maximum absolute atomic E-state index is 14.0. The highest BCUT2D eigenvalue weighted by atomic mass is 35.5. The largest absolute Gasteiger partial charge is 0.211 e. The minimum absolute atomic E-state index is 0.0569. The lowest BCUT2D eigenvalue weighted by molar-refractivity contribution is 0.434. The van der Waals surface area contributed by atoms with Crippen LogP contribution in [0.4, 0.5) is 4.39 Å². The first-order valence-electron chi connectivity index (χ1n) is 6.01. The monoisotopic (exact) mass is 284 g/mol. The summed E-state index contributed by atoms with van der Waals surface area (Å²) in [6.07, 6.45) is 4.31. The summed E-state index contributed by atoms with van der Waals surface area (Å²) in [4.78, 5) is 0. The topological polar surface area (TPSA) is 0 Å². The van der Waals surface area contributed by atoms with Gasteiger partial charge in [-0.25, -0.2) is 4.39 Å². The number of halogens is 3. The Hall–Kier alpha value is -0.790. The zero-order valence-electron chi connectivity index (χ0n) is 10.4. The van der Waals surface area contributed by atoms with Gasteiger partial charge in [0.25, 0.3) is 0 Å². The number of hydrogen-bond acceptors (Lipinski definition) is 0. The molecule has 0 aliphatic heterocycles. The van der Waals surface area contributed by atoms with Gasteiger partial charge in [0.1, 0.15) is 5.83 Å². The van der Waals surface area contributed by atoms with E-state index in [0.717, 1.165) is 11.1 Å². The van der Waals surface area contributed by atoms with Crippen LogP contribution < -0.4 is 0 Å². The normalized spacial score (nSPS) is 19.8. The van der Waals surface area contributed by atoms with Gasteiger partial charge in [-0.15, -0.1) is 0 Å². The summed E-state index contributed by atoms with van der Waals surface area (Å²) in [7, 11) is 0. The van der Waals surface area contributed by atoms with E-state index in [1.165, 1.54) is 0 Å². The third kappa shape index (κ3) is 2.78. The van der Waals surface area contributed by atoms with Crippen LogP contribution in [-0.2, 0) is 0 Å². The van der Waals surface area contributed by atoms with E-state index in [4.69, 9.17) is 23.2 Å². The van der Waals surface area contributed by atoms with Crippen molar-refractivity contribution < 1.29 is 4.39 Å². The van der Waals surface area contributed by atoms with Gasteiger partial charge in [-0.3, -0.25) is 0 Å². The van der Waals surface area contributed by atoms with Crippen molar-refractivity contribution in [3.63, 3.8) is 0 Å². The molecule has 2 rings (SSSR count). The zero-order chi connectivity index (χ0) is 13.3. The Kier molecular flexibility index (Phi) is 4.14. The van der Waals surface area contributed by atoms with Crippen molar-refractivity contribution in [2.75, 3.05) is 0 Å². The van der Waals surface area contributed by atoms with E-state index in [0.29, 0.717) is 16.5 Å². The second kappa shape index (κ2) is 5.46. The van der Waals surface area contributed by atoms with Crippen molar-refractivity contribution in [1.29, 1.82) is 0 Å². The van der Waals surface area contributed by atoms with Crippen molar-refractivity contribution in [3.05, 3.63) is 51.8 Å². The van der Waals surface area contributed by atoms with E-state index in [1.54, 1.807) is 12.1 Å². The fourth-order valence-corrected chi connectivity index (χ4v) is 2.92. The van der Waals surface area contributed by atoms with Gasteiger partial charge in [0, 0.05) is 16.0 Å². The van der Waals surface area contributed by atoms with Crippen LogP contribution in [0.3, 0.4) is 0 Å². The van der Waals surface area contributed by atoms with Gasteiger partial charge in [0.2, 0.25) is 0 Å². The fourth-order valence-electron chi connectivity index (χ4n) is 2.40. The number of hydrogen-bond donors (Lipinski definition) is 0. The Balaban J connectivity index is 2.45. The molecule has 1 unspecified atom stereocenters. The highest BCUT2D eigenvalue weighted by Crippen LogP contribution is 2.40. The van der Waals surface area contributed by atoms with Crippen LogP contribution in [-0.4, -0.2) is 0 Å². The summed E-state index contributed by atoms with van der Waals surface area (Å²) in [6, 6.07) is 5.37. The molecular formula is C15H15Cl2F. The molecule has 0 fully saturated rings. The van der Waals surface area contributed by atoms with Crippen molar-refractivity contribution in [2.24, 2.45) is 11.8 Å². The first kappa shape index (κ1) is 13.6. The molecule has 0 spiro atoms. The zero-order valence-corrected chi connectivity index (χ0v) is 11.9. The van der Waals surface area contributed by atoms with Crippen molar-refractivity contribution >= 4 is 28.8 Å². The molecule has 0 heterocycles. The fraction of sp³-hybridized carbons (Fsp3) is 0.333. The lowest BCUT2D eigenvalue weighted by atomic mass is 9.80. The molecule has 1 atom stereocenters. The highest BCUT2D eigenvalue weighted by Gasteiger charge is 2.26. The van der Waals surface area contributed by atoms with Gasteiger partial charge in [-0.2, -0.15) is 0 Å². The minimum atomic E-state index is -0.201. The molecule has 0 N–H and O–H groups in total. The predicted molar refractivity (Wildman–Crippen MR) is 76.6 cm³/mol. The molecule has 0 saturated carbocycles. The Morgan fingerprint density at radius 1 is 1.11 bits per heavy atom. The SMILES string of the molecule is CC(C)C1C(F)=CCC=C1c1cc(Cl)cc(Cl)c1. The molecule has 1 aromatic carbocycles. The lowest BCUT2D eigenvalue weighted by Crippen LogP contribution is -2.14. The van der Waals surface area contributed by atoms with Crippen LogP contribution >= 0.6 is 23.2 Å². The van der Waals surface area contributed by atoms with E-state index in [2.05, 4.69) is 6.08 Å². The average molecular weight is 285 g/mol. The first-order valence-corrected chi connectivity index (χ1v) is 6.76. The molecule has 0 bridgehead atoms. The molecular weight excluding hydrogens is 270 g/mol. The van der Waals surface area contributed by atoms with Crippen molar-refractivity contribution in [1.82, 2.24) is 0 Å². The Labute approximate surface area is 117 Å². The van der Waals surface area contributed by atoms with Crippen LogP contribution in [0.5, 0.6) is 0 Å². The van der Waals surface area contributed by atoms with Gasteiger partial charge in [0.05, 0.1) is 0 Å². The molecule has 1 aromatic rings. The van der Waals surface area contributed by atoms with Gasteiger partial charge in [-0.05, 0) is 47.8 Å². The second-order valence-corrected chi connectivity index (χ2v) is 5.74. The van der Waals surface area contributed by atoms with Gasteiger partial charge in [0.15, 0.2) is 0 Å². The Morgan fingerprint density at radius 3 is 2.28 bits per heavy atom. The van der Waals surface area contributed by atoms with E-state index in [-0.39, 0.29) is 17.7 Å². The molecule has 18 heavy (non-hydrogen) atoms. The molecule has 1 aliphatic carbocycles. The van der Waals surface area contributed by atoms with Crippen molar-refractivity contribution in [3.8, 4) is 0 Å². The van der Waals surface area contributed by atoms with Crippen LogP contribution in [0.2, 0.25) is 10.0 Å². The minimum Gasteiger partial charge on any atom is -0.211 e. The maximum atomic E-state index is 14.0. The summed E-state index contributed by atoms with van der Waals surface area (Å²) in [5, 5.41) is 1.16. The first-order chi connectivity index (χ1) is 8.49. The van der Waals surface area contributed by atoms with E-state index in [1.807, 2.05) is 26.0 Å². The number of benzene rings is 1. The summed E-state index contributed by atoms with van der Waals surface area (Å²) >= 11 is 12.0. The molecule has 0 aromatic heterocycles. The van der Waals surface area contributed by atoms with Crippen molar-refractivity contribution in [2.45, 2.75) is 20.3 Å². The second-order valence-electron chi connectivity index (χ2n) is 4.86. The molecule has 1 aliphatic rings. The maximum Gasteiger partial charge on any atom is 0.104 e. The van der Waals surface area contributed by atoms with Crippen LogP contribution in [0.1, 0.15) is 25.8 Å². The molecule has 0 nitrogen and oxygen atoms in total. The number of allylic oxidation sites excluding steroid dienone is 4. The summed E-state index contributed by atoms with van der Waals surface area (Å²) in [5.41, 5.74) is 1.89. The standard InChI is InChI=1S/C15H15Cl2F/c1-9(2)15-13(4-3-5-14(15)18)10-6-11(16)8-12(17)7-10/h4-9,15H,3H2,1-2H3. The van der Waals surface area contributed by atoms with E-state index >= 15 is 0 Å². The predicted octanol–water partition coefficient (Wildman–Crippen LogP) is 5.91. The average Bonchev–Trinajstić information content (AvgIpc) is 2.26. The summed E-state index contributed by atoms with van der Waals surface area (Å²) in [6.45, 7) is 4.03. The third-order valence-corrected chi connectivity index (χ3v) is 3.58. The molecule has 3 heteroatoms. The Bertz CT molecular complexity index is 495. The molecule has 0 radical (unpaired) electrons. The molecule has 0 amide bonds. The third-order valence-electron chi connectivity index (χ3n) is 3.15. The van der Waals surface area contributed by atoms with E-state index in [9.17, 15) is 4.39 Å². The summed E-state index contributed by atoms with van der Waals surface area (Å²) < 4.78 is 14.0. The van der Waals surface area contributed by atoms with Gasteiger partial charge >= 0.3 is 0 Å². The lowest BCUT2D eigenvalue weighted by Gasteiger charge is -2.26. The van der Waals surface area contributed by atoms with E-state index < -0.39 is 0 Å². The quantitative estimate of drug-likeness (QED) is 0.634. The smallest absolute Gasteiger partial charge is 0.104 e. The molecule has 0 saturated heterocycles. The summed E-state index contributed by atoms with van der Waals surface area (Å²) in [5.74, 6) is -0.0579. The van der Waals surface area contributed by atoms with Crippen LogP contribution in [0.25, 0.3) is 5.57 Å².